The molecule has 0 fully saturated rings. The lowest BCUT2D eigenvalue weighted by Gasteiger charge is -2.20. The number of hydrogen-bond donors (Lipinski definition) is 1. The molecule has 0 saturated carbocycles. The van der Waals surface area contributed by atoms with E-state index in [-0.39, 0.29) is 58.8 Å². The summed E-state index contributed by atoms with van der Waals surface area (Å²) in [4.78, 5) is 57.0. The van der Waals surface area contributed by atoms with Crippen LogP contribution in [0.3, 0.4) is 0 Å². The van der Waals surface area contributed by atoms with Gasteiger partial charge in [0.05, 0.1) is 12.1 Å². The standard InChI is InChI=1S/C33H35F2N5O6/c1-33(2,3)46-32(44)40-24-12-9-13-26(45-25-17-16-21(34)19-22(25)35)30(24)37-27(40)20-39-18-10-11-23(31(39)43)36-28(41)14-7-6-8-15-29(42)38(4)5/h8-13,15-19H,6-7,14,20H2,1-5H3,(H,36,41)/b15-8+. The maximum atomic E-state index is 14.4. The van der Waals surface area contributed by atoms with Gasteiger partial charge in [-0.25, -0.2) is 23.1 Å². The number of hydrogen-bond acceptors (Lipinski definition) is 7. The number of carbonyl (C=O) groups excluding carboxylic acids is 3. The summed E-state index contributed by atoms with van der Waals surface area (Å²) in [5.74, 6) is -2.29. The zero-order chi connectivity index (χ0) is 33.6. The fourth-order valence-electron chi connectivity index (χ4n) is 4.33. The van der Waals surface area contributed by atoms with Gasteiger partial charge in [0, 0.05) is 32.8 Å². The molecule has 0 saturated heterocycles. The fraction of sp³-hybridized carbons (Fsp3) is 0.303. The van der Waals surface area contributed by atoms with E-state index < -0.39 is 28.9 Å². The second kappa shape index (κ2) is 14.2. The Morgan fingerprint density at radius 1 is 1.04 bits per heavy atom. The van der Waals surface area contributed by atoms with Gasteiger partial charge in [-0.3, -0.25) is 14.4 Å². The van der Waals surface area contributed by atoms with Crippen molar-refractivity contribution in [1.82, 2.24) is 19.0 Å². The first-order valence-corrected chi connectivity index (χ1v) is 14.5. The van der Waals surface area contributed by atoms with Crippen LogP contribution >= 0.6 is 0 Å². The zero-order valence-corrected chi connectivity index (χ0v) is 26.2. The number of carbonyl (C=O) groups is 3. The molecule has 2 aromatic carbocycles. The zero-order valence-electron chi connectivity index (χ0n) is 26.2. The Morgan fingerprint density at radius 2 is 1.80 bits per heavy atom. The number of halogens is 2. The number of imidazole rings is 1. The minimum atomic E-state index is -0.926. The van der Waals surface area contributed by atoms with Crippen LogP contribution in [-0.2, 0) is 20.9 Å². The topological polar surface area (TPSA) is 125 Å². The van der Waals surface area contributed by atoms with Crippen molar-refractivity contribution >= 4 is 34.6 Å². The number of anilines is 1. The fourth-order valence-corrected chi connectivity index (χ4v) is 4.33. The van der Waals surface area contributed by atoms with Crippen LogP contribution in [0.2, 0.25) is 0 Å². The predicted octanol–water partition coefficient (Wildman–Crippen LogP) is 5.85. The summed E-state index contributed by atoms with van der Waals surface area (Å²) in [7, 11) is 3.29. The summed E-state index contributed by atoms with van der Waals surface area (Å²) < 4.78 is 41.7. The van der Waals surface area contributed by atoms with E-state index >= 15 is 0 Å². The van der Waals surface area contributed by atoms with Gasteiger partial charge in [0.25, 0.3) is 5.56 Å². The minimum Gasteiger partial charge on any atom is -0.452 e. The minimum absolute atomic E-state index is 0.0292. The highest BCUT2D eigenvalue weighted by Gasteiger charge is 2.25. The molecule has 0 aliphatic rings. The number of amides is 2. The molecule has 0 radical (unpaired) electrons. The second-order valence-electron chi connectivity index (χ2n) is 11.6. The molecule has 11 nitrogen and oxygen atoms in total. The van der Waals surface area contributed by atoms with Crippen LogP contribution in [0.5, 0.6) is 11.5 Å². The van der Waals surface area contributed by atoms with Crippen LogP contribution in [0.1, 0.15) is 45.9 Å². The van der Waals surface area contributed by atoms with Crippen molar-refractivity contribution in [3.8, 4) is 11.5 Å². The molecule has 4 aromatic rings. The maximum absolute atomic E-state index is 14.4. The van der Waals surface area contributed by atoms with E-state index in [1.54, 1.807) is 59.1 Å². The summed E-state index contributed by atoms with van der Waals surface area (Å²) in [5.41, 5.74) is -0.940. The SMILES string of the molecule is CN(C)C(=O)/C=C/CCCC(=O)Nc1cccn(Cc2nc3c(Oc4ccc(F)cc4F)cccc3n2C(=O)OC(C)(C)C)c1=O. The van der Waals surface area contributed by atoms with Gasteiger partial charge in [-0.05, 0) is 76.1 Å². The van der Waals surface area contributed by atoms with Crippen molar-refractivity contribution in [2.75, 3.05) is 19.4 Å². The average Bonchev–Trinajstić information content (AvgIpc) is 3.34. The molecule has 0 spiro atoms. The lowest BCUT2D eigenvalue weighted by molar-refractivity contribution is -0.123. The number of para-hydroxylation sites is 1. The van der Waals surface area contributed by atoms with E-state index in [9.17, 15) is 28.0 Å². The third-order valence-electron chi connectivity index (χ3n) is 6.49. The number of ether oxygens (including phenoxy) is 2. The molecule has 0 aliphatic heterocycles. The summed E-state index contributed by atoms with van der Waals surface area (Å²) in [6, 6.07) is 10.6. The van der Waals surface area contributed by atoms with Crippen LogP contribution in [0, 0.1) is 11.6 Å². The van der Waals surface area contributed by atoms with E-state index in [2.05, 4.69) is 10.3 Å². The van der Waals surface area contributed by atoms with Gasteiger partial charge in [0.1, 0.15) is 28.4 Å². The number of aromatic nitrogens is 3. The summed E-state index contributed by atoms with van der Waals surface area (Å²) in [5, 5.41) is 2.62. The summed E-state index contributed by atoms with van der Waals surface area (Å²) in [6.45, 7) is 4.90. The highest BCUT2D eigenvalue weighted by Crippen LogP contribution is 2.32. The molecule has 46 heavy (non-hydrogen) atoms. The second-order valence-corrected chi connectivity index (χ2v) is 11.6. The number of allylic oxidation sites excluding steroid dienone is 1. The molecular formula is C33H35F2N5O6. The molecule has 0 atom stereocenters. The van der Waals surface area contributed by atoms with Gasteiger partial charge in [0.2, 0.25) is 11.8 Å². The van der Waals surface area contributed by atoms with Gasteiger partial charge in [-0.1, -0.05) is 12.1 Å². The first-order valence-electron chi connectivity index (χ1n) is 14.5. The molecule has 0 bridgehead atoms. The number of nitrogens with one attached hydrogen (secondary N) is 1. The third-order valence-corrected chi connectivity index (χ3v) is 6.49. The number of fused-ring (bicyclic) bond motifs is 1. The summed E-state index contributed by atoms with van der Waals surface area (Å²) in [6.07, 6.45) is 4.94. The van der Waals surface area contributed by atoms with Gasteiger partial charge in [-0.15, -0.1) is 0 Å². The van der Waals surface area contributed by atoms with Crippen LogP contribution in [-0.4, -0.2) is 56.6 Å². The number of rotatable bonds is 10. The molecular weight excluding hydrogens is 600 g/mol. The maximum Gasteiger partial charge on any atom is 0.420 e. The van der Waals surface area contributed by atoms with Gasteiger partial charge < -0.3 is 24.3 Å². The van der Waals surface area contributed by atoms with E-state index in [4.69, 9.17) is 9.47 Å². The van der Waals surface area contributed by atoms with E-state index in [1.165, 1.54) is 38.4 Å². The lowest BCUT2D eigenvalue weighted by atomic mass is 10.2. The van der Waals surface area contributed by atoms with Crippen molar-refractivity contribution < 1.29 is 32.6 Å². The molecule has 4 rings (SSSR count). The normalized spacial score (nSPS) is 11.5. The first kappa shape index (κ1) is 33.6. The van der Waals surface area contributed by atoms with E-state index in [0.29, 0.717) is 18.9 Å². The van der Waals surface area contributed by atoms with Crippen molar-refractivity contribution in [3.63, 3.8) is 0 Å². The largest absolute Gasteiger partial charge is 0.452 e. The third kappa shape index (κ3) is 8.43. The van der Waals surface area contributed by atoms with Crippen LogP contribution < -0.4 is 15.6 Å². The molecule has 2 amide bonds. The Labute approximate surface area is 264 Å². The average molecular weight is 636 g/mol. The number of pyridine rings is 1. The molecule has 13 heteroatoms. The summed E-state index contributed by atoms with van der Waals surface area (Å²) >= 11 is 0. The van der Waals surface area contributed by atoms with Crippen molar-refractivity contribution in [2.45, 2.75) is 52.2 Å². The van der Waals surface area contributed by atoms with E-state index in [1.807, 2.05) is 0 Å². The Balaban J connectivity index is 1.62. The number of unbranched alkanes of at least 4 members (excludes halogenated alkanes) is 1. The monoisotopic (exact) mass is 635 g/mol. The first-order chi connectivity index (χ1) is 21.7. The Bertz CT molecular complexity index is 1860. The molecule has 2 aromatic heterocycles. The Hall–Kier alpha value is -5.33. The van der Waals surface area contributed by atoms with E-state index in [0.717, 1.165) is 12.1 Å². The lowest BCUT2D eigenvalue weighted by Crippen LogP contribution is -2.30. The van der Waals surface area contributed by atoms with Crippen LogP contribution in [0.15, 0.2) is 71.7 Å². The van der Waals surface area contributed by atoms with Crippen molar-refractivity contribution in [2.24, 2.45) is 0 Å². The quantitative estimate of drug-likeness (QED) is 0.171. The molecule has 0 aliphatic carbocycles. The number of nitrogens with zero attached hydrogens (tertiary/aromatic N) is 4. The van der Waals surface area contributed by atoms with Gasteiger partial charge in [0.15, 0.2) is 17.3 Å². The van der Waals surface area contributed by atoms with Crippen LogP contribution in [0.25, 0.3) is 11.0 Å². The number of benzene rings is 2. The molecule has 2 heterocycles. The van der Waals surface area contributed by atoms with Crippen molar-refractivity contribution in [1.29, 1.82) is 0 Å². The predicted molar refractivity (Wildman–Crippen MR) is 168 cm³/mol. The molecule has 0 unspecified atom stereocenters. The Morgan fingerprint density at radius 3 is 2.50 bits per heavy atom. The number of likely N-dealkylation sites (N-methyl/N-ethyl adjacent to an activating group) is 1. The molecule has 242 valence electrons. The highest BCUT2D eigenvalue weighted by atomic mass is 19.1. The van der Waals surface area contributed by atoms with Crippen molar-refractivity contribution in [3.05, 3.63) is 94.7 Å². The van der Waals surface area contributed by atoms with Gasteiger partial charge in [-0.2, -0.15) is 0 Å². The van der Waals surface area contributed by atoms with Crippen LogP contribution in [0.4, 0.5) is 19.3 Å². The Kier molecular flexibility index (Phi) is 10.3. The highest BCUT2D eigenvalue weighted by molar-refractivity contribution is 5.92. The smallest absolute Gasteiger partial charge is 0.420 e. The van der Waals surface area contributed by atoms with Gasteiger partial charge >= 0.3 is 6.09 Å². The molecule has 1 N–H and O–H groups in total.